The lowest BCUT2D eigenvalue weighted by atomic mass is 9.95. The highest BCUT2D eigenvalue weighted by Gasteiger charge is 2.36. The van der Waals surface area contributed by atoms with E-state index in [1.807, 2.05) is 0 Å². The Bertz CT molecular complexity index is 986. The van der Waals surface area contributed by atoms with E-state index < -0.39 is 11.9 Å². The first kappa shape index (κ1) is 20.9. The molecule has 1 aliphatic heterocycles. The Hall–Kier alpha value is -2.38. The minimum atomic E-state index is -0.484. The summed E-state index contributed by atoms with van der Waals surface area (Å²) in [5, 5.41) is 4.06. The molecular weight excluding hydrogens is 424 g/mol. The molecule has 2 heterocycles. The second-order valence-electron chi connectivity index (χ2n) is 7.51. The molecule has 1 unspecified atom stereocenters. The zero-order valence-corrected chi connectivity index (χ0v) is 18.3. The third-order valence-corrected chi connectivity index (χ3v) is 6.98. The molecule has 8 heteroatoms. The van der Waals surface area contributed by atoms with Gasteiger partial charge in [0, 0.05) is 28.6 Å². The van der Waals surface area contributed by atoms with E-state index in [9.17, 15) is 14.4 Å². The summed E-state index contributed by atoms with van der Waals surface area (Å²) >= 11 is 7.38. The summed E-state index contributed by atoms with van der Waals surface area (Å²) < 4.78 is 5.24. The second kappa shape index (κ2) is 8.78. The van der Waals surface area contributed by atoms with Gasteiger partial charge in [-0.1, -0.05) is 11.6 Å². The summed E-state index contributed by atoms with van der Waals surface area (Å²) in [4.78, 5) is 40.8. The fraction of sp³-hybridized carbons (Fsp3) is 0.409. The maximum atomic E-state index is 13.0. The number of hydrogen-bond acceptors (Lipinski definition) is 5. The summed E-state index contributed by atoms with van der Waals surface area (Å²) in [5.41, 5.74) is 2.22. The van der Waals surface area contributed by atoms with Crippen molar-refractivity contribution in [3.05, 3.63) is 45.3 Å². The number of halogens is 1. The predicted octanol–water partition coefficient (Wildman–Crippen LogP) is 4.45. The van der Waals surface area contributed by atoms with Crippen LogP contribution in [0.3, 0.4) is 0 Å². The number of ether oxygens (including phenoxy) is 1. The van der Waals surface area contributed by atoms with Crippen molar-refractivity contribution >= 4 is 51.4 Å². The maximum absolute atomic E-state index is 13.0. The fourth-order valence-corrected chi connectivity index (χ4v) is 5.45. The van der Waals surface area contributed by atoms with Gasteiger partial charge in [-0.2, -0.15) is 0 Å². The van der Waals surface area contributed by atoms with Gasteiger partial charge in [-0.15, -0.1) is 11.3 Å². The highest BCUT2D eigenvalue weighted by molar-refractivity contribution is 7.17. The molecule has 0 bridgehead atoms. The number of nitrogens with zero attached hydrogens (tertiary/aromatic N) is 1. The smallest absolute Gasteiger partial charge is 0.341 e. The molecule has 158 valence electrons. The minimum absolute atomic E-state index is 0.103. The van der Waals surface area contributed by atoms with Gasteiger partial charge in [0.25, 0.3) is 0 Å². The predicted molar refractivity (Wildman–Crippen MR) is 117 cm³/mol. The number of carbonyl (C=O) groups excluding carboxylic acids is 3. The zero-order valence-electron chi connectivity index (χ0n) is 16.7. The van der Waals surface area contributed by atoms with Crippen LogP contribution >= 0.6 is 22.9 Å². The van der Waals surface area contributed by atoms with E-state index in [1.54, 1.807) is 36.1 Å². The van der Waals surface area contributed by atoms with Crippen LogP contribution in [0.15, 0.2) is 24.3 Å². The molecule has 1 aliphatic carbocycles. The van der Waals surface area contributed by atoms with E-state index in [1.165, 1.54) is 11.3 Å². The van der Waals surface area contributed by atoms with Gasteiger partial charge in [0.1, 0.15) is 5.00 Å². The molecule has 1 atom stereocenters. The normalized spacial score (nSPS) is 18.3. The third-order valence-electron chi connectivity index (χ3n) is 5.52. The average Bonchev–Trinajstić information content (AvgIpc) is 3.29. The van der Waals surface area contributed by atoms with Crippen LogP contribution in [0.5, 0.6) is 0 Å². The van der Waals surface area contributed by atoms with Crippen LogP contribution in [0.1, 0.15) is 47.0 Å². The number of fused-ring (bicyclic) bond motifs is 1. The molecule has 30 heavy (non-hydrogen) atoms. The van der Waals surface area contributed by atoms with Crippen molar-refractivity contribution in [1.29, 1.82) is 0 Å². The van der Waals surface area contributed by atoms with Gasteiger partial charge >= 0.3 is 5.97 Å². The Labute approximate surface area is 184 Å². The van der Waals surface area contributed by atoms with Crippen molar-refractivity contribution in [1.82, 2.24) is 0 Å². The number of rotatable bonds is 5. The van der Waals surface area contributed by atoms with E-state index in [0.717, 1.165) is 41.8 Å². The minimum Gasteiger partial charge on any atom is -0.462 e. The summed E-state index contributed by atoms with van der Waals surface area (Å²) in [6.45, 7) is 2.35. The highest BCUT2D eigenvalue weighted by atomic mass is 35.5. The van der Waals surface area contributed by atoms with Gasteiger partial charge in [0.15, 0.2) is 0 Å². The van der Waals surface area contributed by atoms with Crippen LogP contribution in [0.2, 0.25) is 5.02 Å². The lowest BCUT2D eigenvalue weighted by Crippen LogP contribution is -2.28. The molecule has 0 radical (unpaired) electrons. The van der Waals surface area contributed by atoms with Crippen LogP contribution in [-0.4, -0.2) is 30.9 Å². The van der Waals surface area contributed by atoms with Gasteiger partial charge < -0.3 is 15.0 Å². The number of thiophene rings is 1. The Morgan fingerprint density at radius 1 is 1.23 bits per heavy atom. The quantitative estimate of drug-likeness (QED) is 0.688. The lowest BCUT2D eigenvalue weighted by Gasteiger charge is -2.17. The van der Waals surface area contributed by atoms with Gasteiger partial charge in [0.05, 0.1) is 18.1 Å². The van der Waals surface area contributed by atoms with Crippen LogP contribution in [0.4, 0.5) is 10.7 Å². The molecule has 6 nitrogen and oxygen atoms in total. The average molecular weight is 447 g/mol. The van der Waals surface area contributed by atoms with E-state index in [-0.39, 0.29) is 24.8 Å². The number of aryl methyl sites for hydroxylation is 1. The molecule has 1 saturated heterocycles. The van der Waals surface area contributed by atoms with Gasteiger partial charge in [-0.3, -0.25) is 9.59 Å². The number of nitrogens with one attached hydrogen (secondary N) is 1. The Morgan fingerprint density at radius 2 is 1.97 bits per heavy atom. The summed E-state index contributed by atoms with van der Waals surface area (Å²) in [5.74, 6) is -1.22. The first-order valence-electron chi connectivity index (χ1n) is 10.2. The monoisotopic (exact) mass is 446 g/mol. The maximum Gasteiger partial charge on any atom is 0.341 e. The molecule has 2 amide bonds. The standard InChI is InChI=1S/C22H23ClN2O4S/c1-2-29-22(28)19-16-5-3-4-6-17(16)30-21(19)24-20(27)13-11-18(26)25(12-13)15-9-7-14(23)8-10-15/h7-10,13H,2-6,11-12H2,1H3,(H,24,27). The lowest BCUT2D eigenvalue weighted by molar-refractivity contribution is -0.122. The Morgan fingerprint density at radius 3 is 2.70 bits per heavy atom. The zero-order chi connectivity index (χ0) is 21.3. The molecule has 0 saturated carbocycles. The number of benzene rings is 1. The highest BCUT2D eigenvalue weighted by Crippen LogP contribution is 2.39. The SMILES string of the molecule is CCOC(=O)c1c(NC(=O)C2CC(=O)N(c3ccc(Cl)cc3)C2)sc2c1CCCC2. The van der Waals surface area contributed by atoms with E-state index >= 15 is 0 Å². The van der Waals surface area contributed by atoms with Gasteiger partial charge in [-0.25, -0.2) is 4.79 Å². The largest absolute Gasteiger partial charge is 0.462 e. The number of hydrogen-bond donors (Lipinski definition) is 1. The molecular formula is C22H23ClN2O4S. The summed E-state index contributed by atoms with van der Waals surface area (Å²) in [6, 6.07) is 6.98. The number of amides is 2. The molecule has 1 aromatic carbocycles. The first-order valence-corrected chi connectivity index (χ1v) is 11.4. The van der Waals surface area contributed by atoms with Crippen LogP contribution < -0.4 is 10.2 Å². The Balaban J connectivity index is 1.53. The Kier molecular flexibility index (Phi) is 6.11. The van der Waals surface area contributed by atoms with Crippen molar-refractivity contribution in [3.63, 3.8) is 0 Å². The van der Waals surface area contributed by atoms with Crippen molar-refractivity contribution in [2.24, 2.45) is 5.92 Å². The van der Waals surface area contributed by atoms with Crippen molar-refractivity contribution in [3.8, 4) is 0 Å². The molecule has 4 rings (SSSR count). The number of anilines is 2. The molecule has 1 fully saturated rings. The number of esters is 1. The van der Waals surface area contributed by atoms with Crippen molar-refractivity contribution in [2.75, 3.05) is 23.4 Å². The van der Waals surface area contributed by atoms with Gasteiger partial charge in [-0.05, 0) is 62.4 Å². The van der Waals surface area contributed by atoms with E-state index in [2.05, 4.69) is 5.32 Å². The van der Waals surface area contributed by atoms with Crippen LogP contribution in [0.25, 0.3) is 0 Å². The first-order chi connectivity index (χ1) is 14.5. The van der Waals surface area contributed by atoms with Crippen molar-refractivity contribution in [2.45, 2.75) is 39.0 Å². The third kappa shape index (κ3) is 4.09. The summed E-state index contributed by atoms with van der Waals surface area (Å²) in [6.07, 6.45) is 3.97. The fourth-order valence-electron chi connectivity index (χ4n) is 4.04. The molecule has 0 spiro atoms. The van der Waals surface area contributed by atoms with Crippen LogP contribution in [-0.2, 0) is 27.2 Å². The van der Waals surface area contributed by atoms with Crippen LogP contribution in [0, 0.1) is 5.92 Å². The van der Waals surface area contributed by atoms with Crippen molar-refractivity contribution < 1.29 is 19.1 Å². The topological polar surface area (TPSA) is 75.7 Å². The number of carbonyl (C=O) groups is 3. The summed E-state index contributed by atoms with van der Waals surface area (Å²) in [7, 11) is 0. The molecule has 2 aliphatic rings. The second-order valence-corrected chi connectivity index (χ2v) is 9.05. The van der Waals surface area contributed by atoms with Gasteiger partial charge in [0.2, 0.25) is 11.8 Å². The molecule has 1 N–H and O–H groups in total. The van der Waals surface area contributed by atoms with E-state index in [0.29, 0.717) is 22.1 Å². The molecule has 2 aromatic rings. The molecule has 1 aromatic heterocycles. The van der Waals surface area contributed by atoms with E-state index in [4.69, 9.17) is 16.3 Å².